The fourth-order valence-electron chi connectivity index (χ4n) is 2.55. The fourth-order valence-corrected chi connectivity index (χ4v) is 2.55. The van der Waals surface area contributed by atoms with Crippen LogP contribution in [0.15, 0.2) is 18.2 Å². The lowest BCUT2D eigenvalue weighted by Crippen LogP contribution is -2.46. The van der Waals surface area contributed by atoms with E-state index in [4.69, 9.17) is 5.73 Å². The van der Waals surface area contributed by atoms with Crippen LogP contribution >= 0.6 is 0 Å². The summed E-state index contributed by atoms with van der Waals surface area (Å²) in [6, 6.07) is 4.16. The van der Waals surface area contributed by atoms with Crippen LogP contribution in [0.2, 0.25) is 0 Å². The van der Waals surface area contributed by atoms with Crippen LogP contribution in [0, 0.1) is 11.6 Å². The van der Waals surface area contributed by atoms with Crippen molar-refractivity contribution in [1.29, 1.82) is 0 Å². The molecule has 0 radical (unpaired) electrons. The number of piperazine rings is 1. The average molecular weight is 283 g/mol. The average Bonchev–Trinajstić information content (AvgIpc) is 2.45. The van der Waals surface area contributed by atoms with Gasteiger partial charge >= 0.3 is 0 Å². The molecule has 0 bridgehead atoms. The molecule has 1 fully saturated rings. The summed E-state index contributed by atoms with van der Waals surface area (Å²) in [4.78, 5) is 4.73. The zero-order valence-electron chi connectivity index (χ0n) is 11.8. The molecule has 0 saturated carbocycles. The summed E-state index contributed by atoms with van der Waals surface area (Å²) in [5.74, 6) is -1.54. The van der Waals surface area contributed by atoms with Crippen LogP contribution in [0.1, 0.15) is 18.4 Å². The number of hydrogen-bond acceptors (Lipinski definition) is 3. The van der Waals surface area contributed by atoms with E-state index in [9.17, 15) is 8.78 Å². The minimum absolute atomic E-state index is 0.688. The lowest BCUT2D eigenvalue weighted by molar-refractivity contribution is 0.125. The number of rotatable bonds is 6. The molecule has 1 aliphatic heterocycles. The first-order valence-corrected chi connectivity index (χ1v) is 7.28. The summed E-state index contributed by atoms with van der Waals surface area (Å²) in [5.41, 5.74) is 6.32. The zero-order valence-corrected chi connectivity index (χ0v) is 11.8. The Bertz CT molecular complexity index is 418. The molecular formula is C15H23F2N3. The van der Waals surface area contributed by atoms with Crippen molar-refractivity contribution < 1.29 is 8.78 Å². The van der Waals surface area contributed by atoms with Gasteiger partial charge in [-0.2, -0.15) is 0 Å². The predicted octanol–water partition coefficient (Wildman–Crippen LogP) is 1.82. The topological polar surface area (TPSA) is 32.5 Å². The van der Waals surface area contributed by atoms with Gasteiger partial charge in [0.25, 0.3) is 0 Å². The third-order valence-electron chi connectivity index (χ3n) is 3.78. The van der Waals surface area contributed by atoms with E-state index in [1.54, 1.807) is 6.07 Å². The second-order valence-electron chi connectivity index (χ2n) is 5.36. The number of unbranched alkanes of at least 4 members (excludes halogenated alkanes) is 1. The highest BCUT2D eigenvalue weighted by atomic mass is 19.2. The van der Waals surface area contributed by atoms with Gasteiger partial charge < -0.3 is 10.6 Å². The molecule has 0 atom stereocenters. The summed E-state index contributed by atoms with van der Waals surface area (Å²) >= 11 is 0. The largest absolute Gasteiger partial charge is 0.330 e. The first-order valence-electron chi connectivity index (χ1n) is 7.28. The van der Waals surface area contributed by atoms with Gasteiger partial charge in [0.15, 0.2) is 11.6 Å². The molecule has 0 aromatic heterocycles. The Hall–Kier alpha value is -1.04. The highest BCUT2D eigenvalue weighted by molar-refractivity contribution is 5.17. The maximum atomic E-state index is 13.2. The van der Waals surface area contributed by atoms with Gasteiger partial charge in [0.2, 0.25) is 0 Å². The summed E-state index contributed by atoms with van der Waals surface area (Å²) in [6.45, 7) is 6.58. The maximum absolute atomic E-state index is 13.2. The zero-order chi connectivity index (χ0) is 14.4. The number of benzene rings is 1. The van der Waals surface area contributed by atoms with Crippen molar-refractivity contribution in [3.63, 3.8) is 0 Å². The smallest absolute Gasteiger partial charge is 0.159 e. The molecule has 2 N–H and O–H groups in total. The summed E-state index contributed by atoms with van der Waals surface area (Å²) in [7, 11) is 0. The van der Waals surface area contributed by atoms with Crippen molar-refractivity contribution in [1.82, 2.24) is 9.80 Å². The molecule has 0 unspecified atom stereocenters. The Morgan fingerprint density at radius 2 is 1.65 bits per heavy atom. The van der Waals surface area contributed by atoms with Gasteiger partial charge in [-0.3, -0.25) is 4.90 Å². The lowest BCUT2D eigenvalue weighted by Gasteiger charge is -2.34. The third-order valence-corrected chi connectivity index (χ3v) is 3.78. The Kier molecular flexibility index (Phi) is 5.88. The second kappa shape index (κ2) is 7.67. The molecule has 3 nitrogen and oxygen atoms in total. The van der Waals surface area contributed by atoms with Crippen molar-refractivity contribution in [3.05, 3.63) is 35.4 Å². The van der Waals surface area contributed by atoms with Crippen LogP contribution in [0.4, 0.5) is 8.78 Å². The van der Waals surface area contributed by atoms with Crippen LogP contribution < -0.4 is 5.73 Å². The van der Waals surface area contributed by atoms with Crippen molar-refractivity contribution in [2.45, 2.75) is 19.4 Å². The van der Waals surface area contributed by atoms with E-state index in [-0.39, 0.29) is 0 Å². The van der Waals surface area contributed by atoms with E-state index in [1.165, 1.54) is 12.1 Å². The van der Waals surface area contributed by atoms with Crippen molar-refractivity contribution in [3.8, 4) is 0 Å². The van der Waals surface area contributed by atoms with Gasteiger partial charge in [-0.05, 0) is 43.6 Å². The van der Waals surface area contributed by atoms with E-state index in [1.807, 2.05) is 0 Å². The summed E-state index contributed by atoms with van der Waals surface area (Å²) in [5, 5.41) is 0. The van der Waals surface area contributed by atoms with Crippen molar-refractivity contribution in [2.75, 3.05) is 39.3 Å². The highest BCUT2D eigenvalue weighted by Crippen LogP contribution is 2.12. The van der Waals surface area contributed by atoms with Gasteiger partial charge in [-0.15, -0.1) is 0 Å². The molecule has 112 valence electrons. The van der Waals surface area contributed by atoms with Gasteiger partial charge in [0, 0.05) is 32.7 Å². The SMILES string of the molecule is NCCCCN1CCN(Cc2ccc(F)c(F)c2)CC1. The monoisotopic (exact) mass is 283 g/mol. The van der Waals surface area contributed by atoms with Crippen LogP contribution in [0.3, 0.4) is 0 Å². The highest BCUT2D eigenvalue weighted by Gasteiger charge is 2.16. The van der Waals surface area contributed by atoms with Crippen LogP contribution in [0.5, 0.6) is 0 Å². The first kappa shape index (κ1) is 15.4. The standard InChI is InChI=1S/C15H23F2N3/c16-14-4-3-13(11-15(14)17)12-20-9-7-19(8-10-20)6-2-1-5-18/h3-4,11H,1-2,5-10,12,18H2. The molecule has 0 amide bonds. The summed E-state index contributed by atoms with van der Waals surface area (Å²) < 4.78 is 26.0. The lowest BCUT2D eigenvalue weighted by atomic mass is 10.2. The summed E-state index contributed by atoms with van der Waals surface area (Å²) in [6.07, 6.45) is 2.23. The first-order chi connectivity index (χ1) is 9.69. The van der Waals surface area contributed by atoms with Crippen LogP contribution in [-0.4, -0.2) is 49.1 Å². The molecule has 1 saturated heterocycles. The van der Waals surface area contributed by atoms with E-state index in [2.05, 4.69) is 9.80 Å². The fraction of sp³-hybridized carbons (Fsp3) is 0.600. The van der Waals surface area contributed by atoms with Crippen LogP contribution in [-0.2, 0) is 6.54 Å². The quantitative estimate of drug-likeness (QED) is 0.808. The predicted molar refractivity (Wildman–Crippen MR) is 76.4 cm³/mol. The van der Waals surface area contributed by atoms with Gasteiger partial charge in [0.05, 0.1) is 0 Å². The minimum Gasteiger partial charge on any atom is -0.330 e. The Labute approximate surface area is 119 Å². The van der Waals surface area contributed by atoms with E-state index >= 15 is 0 Å². The molecular weight excluding hydrogens is 260 g/mol. The molecule has 1 aliphatic rings. The van der Waals surface area contributed by atoms with Gasteiger partial charge in [0.1, 0.15) is 0 Å². The normalized spacial score (nSPS) is 17.6. The third kappa shape index (κ3) is 4.51. The minimum atomic E-state index is -0.779. The number of hydrogen-bond donors (Lipinski definition) is 1. The molecule has 5 heteroatoms. The molecule has 1 aromatic rings. The molecule has 1 aromatic carbocycles. The molecule has 2 rings (SSSR count). The van der Waals surface area contributed by atoms with Crippen LogP contribution in [0.25, 0.3) is 0 Å². The Morgan fingerprint density at radius 1 is 0.950 bits per heavy atom. The second-order valence-corrected chi connectivity index (χ2v) is 5.36. The Balaban J connectivity index is 1.75. The maximum Gasteiger partial charge on any atom is 0.159 e. The Morgan fingerprint density at radius 3 is 2.30 bits per heavy atom. The van der Waals surface area contributed by atoms with Crippen molar-refractivity contribution in [2.24, 2.45) is 5.73 Å². The van der Waals surface area contributed by atoms with Gasteiger partial charge in [-0.25, -0.2) is 8.78 Å². The molecule has 20 heavy (non-hydrogen) atoms. The molecule has 0 spiro atoms. The number of nitrogens with zero attached hydrogens (tertiary/aromatic N) is 2. The molecule has 0 aliphatic carbocycles. The molecule has 1 heterocycles. The van der Waals surface area contributed by atoms with Crippen molar-refractivity contribution >= 4 is 0 Å². The van der Waals surface area contributed by atoms with E-state index < -0.39 is 11.6 Å². The number of halogens is 2. The van der Waals surface area contributed by atoms with Gasteiger partial charge in [-0.1, -0.05) is 6.07 Å². The van der Waals surface area contributed by atoms with E-state index in [0.717, 1.165) is 57.7 Å². The van der Waals surface area contributed by atoms with E-state index in [0.29, 0.717) is 6.54 Å². The number of nitrogens with two attached hydrogens (primary N) is 1.